The number of rotatable bonds is 10. The molecule has 9 heteroatoms. The molecule has 0 fully saturated rings. The number of hydrogen-bond donors (Lipinski definition) is 1. The molecule has 0 amide bonds. The van der Waals surface area contributed by atoms with Crippen LogP contribution in [-0.2, 0) is 14.3 Å². The molecule has 7 nitrogen and oxygen atoms in total. The lowest BCUT2D eigenvalue weighted by Gasteiger charge is -2.08. The van der Waals surface area contributed by atoms with Crippen LogP contribution in [0.5, 0.6) is 5.75 Å². The lowest BCUT2D eigenvalue weighted by atomic mass is 10.1. The van der Waals surface area contributed by atoms with Crippen LogP contribution in [-0.4, -0.2) is 42.5 Å². The van der Waals surface area contributed by atoms with Crippen LogP contribution in [0, 0.1) is 13.8 Å². The van der Waals surface area contributed by atoms with Gasteiger partial charge in [-0.05, 0) is 51.0 Å². The molecule has 0 saturated carbocycles. The summed E-state index contributed by atoms with van der Waals surface area (Å²) in [5.41, 5.74) is 1.55. The molecular formula is C21H23Cl2NO6. The standard InChI is InChI=1S/C21H23Cl2NO6/c1-4-28-21(27)19-12(2)20(24-13(19)3)16(25)11-30-18(26)6-5-9-29-17-8-7-14(22)10-15(17)23/h7-8,10,24H,4-6,9,11H2,1-3H3. The maximum Gasteiger partial charge on any atom is 0.340 e. The number of benzene rings is 1. The third-order valence-electron chi connectivity index (χ3n) is 4.24. The highest BCUT2D eigenvalue weighted by Crippen LogP contribution is 2.27. The smallest absolute Gasteiger partial charge is 0.340 e. The van der Waals surface area contributed by atoms with Crippen molar-refractivity contribution in [3.8, 4) is 5.75 Å². The molecule has 0 aliphatic heterocycles. The number of aryl methyl sites for hydroxylation is 1. The van der Waals surface area contributed by atoms with E-state index >= 15 is 0 Å². The summed E-state index contributed by atoms with van der Waals surface area (Å²) in [6.45, 7) is 5.08. The van der Waals surface area contributed by atoms with E-state index in [1.165, 1.54) is 0 Å². The normalized spacial score (nSPS) is 10.6. The number of H-pyrrole nitrogens is 1. The number of aromatic nitrogens is 1. The molecule has 0 unspecified atom stereocenters. The van der Waals surface area contributed by atoms with Gasteiger partial charge in [-0.1, -0.05) is 23.2 Å². The largest absolute Gasteiger partial charge is 0.492 e. The zero-order valence-corrected chi connectivity index (χ0v) is 18.5. The Balaban J connectivity index is 1.80. The van der Waals surface area contributed by atoms with Crippen LogP contribution in [0.4, 0.5) is 0 Å². The topological polar surface area (TPSA) is 94.7 Å². The number of nitrogens with one attached hydrogen (secondary N) is 1. The van der Waals surface area contributed by atoms with Crippen LogP contribution < -0.4 is 4.74 Å². The Bertz CT molecular complexity index is 938. The average molecular weight is 456 g/mol. The number of hydrogen-bond acceptors (Lipinski definition) is 6. The number of carbonyl (C=O) groups is 3. The van der Waals surface area contributed by atoms with Crippen LogP contribution in [0.2, 0.25) is 10.0 Å². The Morgan fingerprint density at radius 1 is 1.10 bits per heavy atom. The number of Topliss-reactive ketones (excluding diaryl/α,β-unsaturated/α-hetero) is 1. The molecule has 0 atom stereocenters. The zero-order valence-electron chi connectivity index (χ0n) is 17.0. The van der Waals surface area contributed by atoms with E-state index in [1.807, 2.05) is 0 Å². The lowest BCUT2D eigenvalue weighted by Crippen LogP contribution is -2.16. The van der Waals surface area contributed by atoms with Gasteiger partial charge in [-0.2, -0.15) is 0 Å². The molecule has 2 aromatic rings. The summed E-state index contributed by atoms with van der Waals surface area (Å²) in [7, 11) is 0. The van der Waals surface area contributed by atoms with Crippen molar-refractivity contribution in [1.29, 1.82) is 0 Å². The molecule has 0 aliphatic rings. The molecule has 2 rings (SSSR count). The molecule has 162 valence electrons. The number of halogens is 2. The summed E-state index contributed by atoms with van der Waals surface area (Å²) in [5, 5.41) is 0.886. The summed E-state index contributed by atoms with van der Waals surface area (Å²) < 4.78 is 15.5. The van der Waals surface area contributed by atoms with Gasteiger partial charge in [-0.3, -0.25) is 9.59 Å². The lowest BCUT2D eigenvalue weighted by molar-refractivity contribution is -0.142. The predicted octanol–water partition coefficient (Wildman–Crippen LogP) is 4.70. The number of esters is 2. The predicted molar refractivity (Wildman–Crippen MR) is 113 cm³/mol. The number of aromatic amines is 1. The van der Waals surface area contributed by atoms with Gasteiger partial charge in [0.25, 0.3) is 0 Å². The molecule has 30 heavy (non-hydrogen) atoms. The summed E-state index contributed by atoms with van der Waals surface area (Å²) in [6, 6.07) is 4.86. The van der Waals surface area contributed by atoms with E-state index in [0.29, 0.717) is 39.0 Å². The van der Waals surface area contributed by atoms with Gasteiger partial charge in [0.2, 0.25) is 5.78 Å². The van der Waals surface area contributed by atoms with Gasteiger partial charge in [-0.25, -0.2) is 4.79 Å². The molecule has 1 aromatic carbocycles. The highest BCUT2D eigenvalue weighted by atomic mass is 35.5. The molecule has 1 heterocycles. The first-order valence-corrected chi connectivity index (χ1v) is 10.1. The van der Waals surface area contributed by atoms with Crippen molar-refractivity contribution in [2.24, 2.45) is 0 Å². The van der Waals surface area contributed by atoms with Crippen molar-refractivity contribution in [3.63, 3.8) is 0 Å². The number of carbonyl (C=O) groups excluding carboxylic acids is 3. The second-order valence-electron chi connectivity index (χ2n) is 6.46. The van der Waals surface area contributed by atoms with Gasteiger partial charge in [0.15, 0.2) is 6.61 Å². The minimum Gasteiger partial charge on any atom is -0.492 e. The van der Waals surface area contributed by atoms with Gasteiger partial charge in [-0.15, -0.1) is 0 Å². The van der Waals surface area contributed by atoms with Crippen LogP contribution >= 0.6 is 23.2 Å². The SMILES string of the molecule is CCOC(=O)c1c(C)[nH]c(C(=O)COC(=O)CCCOc2ccc(Cl)cc2Cl)c1C. The molecular weight excluding hydrogens is 433 g/mol. The van der Waals surface area contributed by atoms with Crippen LogP contribution in [0.25, 0.3) is 0 Å². The average Bonchev–Trinajstić information content (AvgIpc) is 2.99. The Hall–Kier alpha value is -2.51. The van der Waals surface area contributed by atoms with Crippen LogP contribution in [0.15, 0.2) is 18.2 Å². The van der Waals surface area contributed by atoms with Gasteiger partial charge >= 0.3 is 11.9 Å². The van der Waals surface area contributed by atoms with E-state index in [4.69, 9.17) is 37.4 Å². The fraction of sp³-hybridized carbons (Fsp3) is 0.381. The molecule has 0 saturated heterocycles. The van der Waals surface area contributed by atoms with Gasteiger partial charge < -0.3 is 19.2 Å². The summed E-state index contributed by atoms with van der Waals surface area (Å²) in [5.74, 6) is -0.982. The van der Waals surface area contributed by atoms with Gasteiger partial charge in [0, 0.05) is 17.1 Å². The van der Waals surface area contributed by atoms with Gasteiger partial charge in [0.05, 0.1) is 29.5 Å². The van der Waals surface area contributed by atoms with Crippen molar-refractivity contribution in [1.82, 2.24) is 4.98 Å². The molecule has 0 aliphatic carbocycles. The third kappa shape index (κ3) is 6.24. The summed E-state index contributed by atoms with van der Waals surface area (Å²) >= 11 is 11.8. The molecule has 0 spiro atoms. The first-order chi connectivity index (χ1) is 14.2. The molecule has 0 radical (unpaired) electrons. The Morgan fingerprint density at radius 2 is 1.83 bits per heavy atom. The van der Waals surface area contributed by atoms with E-state index < -0.39 is 24.3 Å². The van der Waals surface area contributed by atoms with Crippen molar-refractivity contribution >= 4 is 40.9 Å². The van der Waals surface area contributed by atoms with Crippen molar-refractivity contribution in [3.05, 3.63) is 50.8 Å². The van der Waals surface area contributed by atoms with Crippen molar-refractivity contribution in [2.75, 3.05) is 19.8 Å². The zero-order chi connectivity index (χ0) is 22.3. The first-order valence-electron chi connectivity index (χ1n) is 9.37. The van der Waals surface area contributed by atoms with E-state index in [9.17, 15) is 14.4 Å². The minimum absolute atomic E-state index is 0.0787. The van der Waals surface area contributed by atoms with Crippen molar-refractivity contribution < 1.29 is 28.6 Å². The Kier molecular flexibility index (Phi) is 8.74. The van der Waals surface area contributed by atoms with Gasteiger partial charge in [0.1, 0.15) is 5.75 Å². The summed E-state index contributed by atoms with van der Waals surface area (Å²) in [6.07, 6.45) is 0.467. The fourth-order valence-electron chi connectivity index (χ4n) is 2.82. The van der Waals surface area contributed by atoms with E-state index in [0.717, 1.165) is 0 Å². The minimum atomic E-state index is -0.527. The second kappa shape index (κ2) is 11.0. The summed E-state index contributed by atoms with van der Waals surface area (Å²) in [4.78, 5) is 39.2. The second-order valence-corrected chi connectivity index (χ2v) is 7.30. The number of ether oxygens (including phenoxy) is 3. The molecule has 1 aromatic heterocycles. The third-order valence-corrected chi connectivity index (χ3v) is 4.77. The number of ketones is 1. The van der Waals surface area contributed by atoms with Crippen LogP contribution in [0.3, 0.4) is 0 Å². The Labute approximate surface area is 184 Å². The van der Waals surface area contributed by atoms with Crippen LogP contribution in [0.1, 0.15) is 51.9 Å². The van der Waals surface area contributed by atoms with E-state index in [2.05, 4.69) is 4.98 Å². The molecule has 1 N–H and O–H groups in total. The maximum atomic E-state index is 12.4. The van der Waals surface area contributed by atoms with E-state index in [1.54, 1.807) is 39.0 Å². The quantitative estimate of drug-likeness (QED) is 0.316. The fourth-order valence-corrected chi connectivity index (χ4v) is 3.28. The maximum absolute atomic E-state index is 12.4. The monoisotopic (exact) mass is 455 g/mol. The first kappa shape index (κ1) is 23.8. The molecule has 0 bridgehead atoms. The Morgan fingerprint density at radius 3 is 2.50 bits per heavy atom. The van der Waals surface area contributed by atoms with E-state index in [-0.39, 0.29) is 25.3 Å². The highest BCUT2D eigenvalue weighted by molar-refractivity contribution is 6.35. The van der Waals surface area contributed by atoms with Crippen molar-refractivity contribution in [2.45, 2.75) is 33.6 Å². The highest BCUT2D eigenvalue weighted by Gasteiger charge is 2.23.